The summed E-state index contributed by atoms with van der Waals surface area (Å²) in [5, 5.41) is 0. The predicted molar refractivity (Wildman–Crippen MR) is 97.6 cm³/mol. The molecule has 0 amide bonds. The topological polar surface area (TPSA) is 38.8 Å². The van der Waals surface area contributed by atoms with E-state index in [2.05, 4.69) is 22.8 Å². The summed E-state index contributed by atoms with van der Waals surface area (Å²) in [5.74, 6) is 7.16. The zero-order valence-corrected chi connectivity index (χ0v) is 14.8. The lowest BCUT2D eigenvalue weighted by molar-refractivity contribution is -0.148. The molecule has 3 heterocycles. The maximum absolute atomic E-state index is 12.2. The SMILES string of the molecule is COc1ccc(C#CC2=C[C@@H]3C[C@@]4(OC(=O)C=C24)C2CCCCN23)cc1. The number of hydrogen-bond acceptors (Lipinski definition) is 4. The van der Waals surface area contributed by atoms with Gasteiger partial charge in [-0.1, -0.05) is 24.3 Å². The van der Waals surface area contributed by atoms with Gasteiger partial charge in [-0.2, -0.15) is 0 Å². The minimum absolute atomic E-state index is 0.217. The molecule has 1 unspecified atom stereocenters. The second-order valence-electron chi connectivity index (χ2n) is 7.45. The lowest BCUT2D eigenvalue weighted by Crippen LogP contribution is -2.48. The largest absolute Gasteiger partial charge is 0.497 e. The lowest BCUT2D eigenvalue weighted by Gasteiger charge is -2.38. The summed E-state index contributed by atoms with van der Waals surface area (Å²) < 4.78 is 11.1. The summed E-state index contributed by atoms with van der Waals surface area (Å²) >= 11 is 0. The molecule has 26 heavy (non-hydrogen) atoms. The highest BCUT2D eigenvalue weighted by Crippen LogP contribution is 2.53. The zero-order valence-electron chi connectivity index (χ0n) is 14.8. The van der Waals surface area contributed by atoms with Gasteiger partial charge in [-0.15, -0.1) is 0 Å². The molecule has 0 radical (unpaired) electrons. The Morgan fingerprint density at radius 3 is 2.88 bits per heavy atom. The molecule has 0 saturated carbocycles. The Morgan fingerprint density at radius 2 is 2.08 bits per heavy atom. The fraction of sp³-hybridized carbons (Fsp3) is 0.409. The van der Waals surface area contributed by atoms with Crippen LogP contribution in [0.2, 0.25) is 0 Å². The van der Waals surface area contributed by atoms with Gasteiger partial charge in [0.05, 0.1) is 13.2 Å². The summed E-state index contributed by atoms with van der Waals surface area (Å²) in [5.41, 5.74) is 2.41. The highest BCUT2D eigenvalue weighted by molar-refractivity contribution is 5.90. The number of fused-ring (bicyclic) bond motifs is 3. The molecule has 5 rings (SSSR count). The van der Waals surface area contributed by atoms with Crippen molar-refractivity contribution in [1.82, 2.24) is 4.90 Å². The van der Waals surface area contributed by atoms with Crippen molar-refractivity contribution in [2.45, 2.75) is 43.4 Å². The predicted octanol–water partition coefficient (Wildman–Crippen LogP) is 2.84. The molecule has 0 aromatic heterocycles. The minimum atomic E-state index is -0.471. The number of hydrogen-bond donors (Lipinski definition) is 0. The molecular formula is C22H21NO3. The highest BCUT2D eigenvalue weighted by atomic mass is 16.6. The summed E-state index contributed by atoms with van der Waals surface area (Å²) in [6.45, 7) is 1.08. The van der Waals surface area contributed by atoms with Crippen LogP contribution in [0.4, 0.5) is 0 Å². The van der Waals surface area contributed by atoms with E-state index in [4.69, 9.17) is 9.47 Å². The second-order valence-corrected chi connectivity index (χ2v) is 7.45. The fourth-order valence-electron chi connectivity index (χ4n) is 4.98. The second kappa shape index (κ2) is 5.75. The number of esters is 1. The van der Waals surface area contributed by atoms with Gasteiger partial charge in [0.1, 0.15) is 5.75 Å². The standard InChI is InChI=1S/C22H21NO3/c1-25-18-9-6-15(7-10-18)5-8-16-12-17-14-22(19(16)13-21(24)26-22)20-4-2-3-11-23(17)20/h6-7,9-10,12-13,17,20H,2-4,11,14H2,1H3/t17-,20?,22+/m1/s1. The van der Waals surface area contributed by atoms with E-state index < -0.39 is 5.60 Å². The number of ether oxygens (including phenoxy) is 2. The monoisotopic (exact) mass is 347 g/mol. The Labute approximate surface area is 153 Å². The summed E-state index contributed by atoms with van der Waals surface area (Å²) in [7, 11) is 1.65. The molecular weight excluding hydrogens is 326 g/mol. The van der Waals surface area contributed by atoms with Crippen LogP contribution in [-0.4, -0.2) is 42.2 Å². The van der Waals surface area contributed by atoms with Crippen LogP contribution < -0.4 is 4.74 Å². The van der Waals surface area contributed by atoms with E-state index >= 15 is 0 Å². The van der Waals surface area contributed by atoms with Gasteiger partial charge in [0.25, 0.3) is 0 Å². The van der Waals surface area contributed by atoms with E-state index in [1.807, 2.05) is 24.3 Å². The quantitative estimate of drug-likeness (QED) is 0.578. The first kappa shape index (κ1) is 15.7. The molecule has 1 aromatic rings. The smallest absolute Gasteiger partial charge is 0.332 e. The van der Waals surface area contributed by atoms with Gasteiger partial charge < -0.3 is 9.47 Å². The van der Waals surface area contributed by atoms with Crippen molar-refractivity contribution in [3.8, 4) is 17.6 Å². The van der Waals surface area contributed by atoms with E-state index in [1.165, 1.54) is 12.8 Å². The molecule has 2 bridgehead atoms. The van der Waals surface area contributed by atoms with Gasteiger partial charge in [-0.3, -0.25) is 4.90 Å². The maximum atomic E-state index is 12.2. The van der Waals surface area contributed by atoms with Gasteiger partial charge in [0.15, 0.2) is 5.60 Å². The average molecular weight is 347 g/mol. The first-order valence-electron chi connectivity index (χ1n) is 9.29. The van der Waals surface area contributed by atoms with Crippen LogP contribution in [0.5, 0.6) is 5.75 Å². The van der Waals surface area contributed by atoms with Gasteiger partial charge in [-0.25, -0.2) is 4.79 Å². The maximum Gasteiger partial charge on any atom is 0.332 e. The van der Waals surface area contributed by atoms with Crippen LogP contribution in [0, 0.1) is 11.8 Å². The molecule has 3 aliphatic heterocycles. The van der Waals surface area contributed by atoms with E-state index in [9.17, 15) is 4.79 Å². The third kappa shape index (κ3) is 2.24. The Morgan fingerprint density at radius 1 is 1.23 bits per heavy atom. The Balaban J connectivity index is 1.52. The summed E-state index contributed by atoms with van der Waals surface area (Å²) in [6.07, 6.45) is 8.30. The molecule has 1 aromatic carbocycles. The van der Waals surface area contributed by atoms with E-state index in [0.29, 0.717) is 12.1 Å². The van der Waals surface area contributed by atoms with Crippen molar-refractivity contribution < 1.29 is 14.3 Å². The minimum Gasteiger partial charge on any atom is -0.497 e. The summed E-state index contributed by atoms with van der Waals surface area (Å²) in [6, 6.07) is 8.35. The molecule has 132 valence electrons. The van der Waals surface area contributed by atoms with Gasteiger partial charge in [0.2, 0.25) is 0 Å². The number of methoxy groups -OCH3 is 1. The number of piperidine rings is 1. The van der Waals surface area contributed by atoms with E-state index in [1.54, 1.807) is 13.2 Å². The van der Waals surface area contributed by atoms with Crippen LogP contribution >= 0.6 is 0 Å². The molecule has 2 fully saturated rings. The van der Waals surface area contributed by atoms with E-state index in [-0.39, 0.29) is 5.97 Å². The molecule has 4 nitrogen and oxygen atoms in total. The van der Waals surface area contributed by atoms with E-state index in [0.717, 1.165) is 41.8 Å². The number of nitrogens with zero attached hydrogens (tertiary/aromatic N) is 1. The van der Waals surface area contributed by atoms with Crippen molar-refractivity contribution in [3.05, 3.63) is 53.1 Å². The van der Waals surface area contributed by atoms with Crippen LogP contribution in [0.25, 0.3) is 0 Å². The first-order chi connectivity index (χ1) is 12.7. The van der Waals surface area contributed by atoms with Crippen molar-refractivity contribution in [2.24, 2.45) is 0 Å². The number of rotatable bonds is 1. The van der Waals surface area contributed by atoms with Gasteiger partial charge in [-0.05, 0) is 43.7 Å². The number of carbonyl (C=O) groups excluding carboxylic acids is 1. The van der Waals surface area contributed by atoms with Crippen molar-refractivity contribution in [3.63, 3.8) is 0 Å². The Hall–Kier alpha value is -2.51. The Bertz CT molecular complexity index is 886. The molecule has 1 spiro atoms. The number of carbonyl (C=O) groups is 1. The highest BCUT2D eigenvalue weighted by Gasteiger charge is 2.61. The molecule has 0 N–H and O–H groups in total. The van der Waals surface area contributed by atoms with Crippen molar-refractivity contribution in [1.29, 1.82) is 0 Å². The molecule has 4 heteroatoms. The lowest BCUT2D eigenvalue weighted by atomic mass is 9.77. The molecule has 3 atom stereocenters. The number of benzene rings is 1. The van der Waals surface area contributed by atoms with Gasteiger partial charge >= 0.3 is 5.97 Å². The summed E-state index contributed by atoms with van der Waals surface area (Å²) in [4.78, 5) is 14.7. The third-order valence-electron chi connectivity index (χ3n) is 6.10. The van der Waals surface area contributed by atoms with Crippen LogP contribution in [0.3, 0.4) is 0 Å². The van der Waals surface area contributed by atoms with Crippen molar-refractivity contribution >= 4 is 5.97 Å². The van der Waals surface area contributed by atoms with Crippen LogP contribution in [-0.2, 0) is 9.53 Å². The normalized spacial score (nSPS) is 31.8. The van der Waals surface area contributed by atoms with Crippen LogP contribution in [0.1, 0.15) is 31.2 Å². The Kier molecular flexibility index (Phi) is 3.48. The van der Waals surface area contributed by atoms with Gasteiger partial charge in [0, 0.05) is 35.2 Å². The third-order valence-corrected chi connectivity index (χ3v) is 6.10. The first-order valence-corrected chi connectivity index (χ1v) is 9.29. The van der Waals surface area contributed by atoms with Crippen LogP contribution in [0.15, 0.2) is 47.6 Å². The molecule has 1 aliphatic carbocycles. The molecule has 4 aliphatic rings. The zero-order chi connectivity index (χ0) is 17.7. The average Bonchev–Trinajstić information content (AvgIpc) is 3.15. The van der Waals surface area contributed by atoms with Crippen molar-refractivity contribution in [2.75, 3.05) is 13.7 Å². The fourth-order valence-corrected chi connectivity index (χ4v) is 4.98. The molecule has 2 saturated heterocycles.